The van der Waals surface area contributed by atoms with Crippen LogP contribution in [-0.2, 0) is 22.9 Å². The number of halogens is 1. The Hall–Kier alpha value is -3.90. The van der Waals surface area contributed by atoms with Crippen molar-refractivity contribution in [1.29, 1.82) is 0 Å². The van der Waals surface area contributed by atoms with Crippen molar-refractivity contribution < 1.29 is 12.8 Å². The van der Waals surface area contributed by atoms with Gasteiger partial charge in [0.05, 0.1) is 17.6 Å². The van der Waals surface area contributed by atoms with E-state index in [9.17, 15) is 13.2 Å². The largest absolute Gasteiger partial charge is 0.351 e. The van der Waals surface area contributed by atoms with Crippen molar-refractivity contribution in [1.82, 2.24) is 24.4 Å². The van der Waals surface area contributed by atoms with Crippen molar-refractivity contribution in [3.63, 3.8) is 0 Å². The minimum Gasteiger partial charge on any atom is -0.351 e. The SMILES string of the molecule is CC(C)n1c(=O)c(-c2ccc(NS(=O)(=O)CC3Cc4ccccc4C3)c(F)c2)nc2cnc(NC3CCC(N(C)C)CC3)nc21. The number of fused-ring (bicyclic) bond motifs is 2. The summed E-state index contributed by atoms with van der Waals surface area (Å²) in [5.74, 6) is -0.525. The van der Waals surface area contributed by atoms with Crippen LogP contribution in [0.3, 0.4) is 0 Å². The molecule has 2 aliphatic carbocycles. The predicted octanol–water partition coefficient (Wildman–Crippen LogP) is 5.01. The molecule has 4 aromatic rings. The van der Waals surface area contributed by atoms with Crippen LogP contribution in [0.25, 0.3) is 22.4 Å². The molecule has 0 spiro atoms. The summed E-state index contributed by atoms with van der Waals surface area (Å²) in [6, 6.07) is 12.5. The lowest BCUT2D eigenvalue weighted by atomic mass is 9.91. The molecule has 2 aliphatic rings. The summed E-state index contributed by atoms with van der Waals surface area (Å²) in [6.07, 6.45) is 7.12. The summed E-state index contributed by atoms with van der Waals surface area (Å²) in [5.41, 5.74) is 2.81. The highest BCUT2D eigenvalue weighted by Gasteiger charge is 2.27. The molecule has 238 valence electrons. The Labute approximate surface area is 263 Å². The van der Waals surface area contributed by atoms with Crippen LogP contribution in [0.15, 0.2) is 53.5 Å². The van der Waals surface area contributed by atoms with Crippen LogP contribution in [0.4, 0.5) is 16.0 Å². The van der Waals surface area contributed by atoms with E-state index in [0.29, 0.717) is 36.0 Å². The molecule has 0 atom stereocenters. The zero-order valence-corrected chi connectivity index (χ0v) is 26.9. The number of sulfonamides is 1. The summed E-state index contributed by atoms with van der Waals surface area (Å²) in [5, 5.41) is 3.43. The first kappa shape index (κ1) is 31.1. The Morgan fingerprint density at radius 3 is 2.33 bits per heavy atom. The summed E-state index contributed by atoms with van der Waals surface area (Å²) in [6.45, 7) is 3.76. The second-order valence-electron chi connectivity index (χ2n) is 12.9. The first-order valence-electron chi connectivity index (χ1n) is 15.6. The molecule has 2 aromatic carbocycles. The van der Waals surface area contributed by atoms with E-state index in [1.807, 2.05) is 38.1 Å². The predicted molar refractivity (Wildman–Crippen MR) is 175 cm³/mol. The molecule has 2 heterocycles. The summed E-state index contributed by atoms with van der Waals surface area (Å²) >= 11 is 0. The lowest BCUT2D eigenvalue weighted by Crippen LogP contribution is -2.36. The maximum Gasteiger partial charge on any atom is 0.278 e. The van der Waals surface area contributed by atoms with Crippen molar-refractivity contribution >= 4 is 32.8 Å². The topological polar surface area (TPSA) is 122 Å². The number of nitrogens with zero attached hydrogens (tertiary/aromatic N) is 5. The van der Waals surface area contributed by atoms with Gasteiger partial charge < -0.3 is 10.2 Å². The fourth-order valence-electron chi connectivity index (χ4n) is 6.69. The summed E-state index contributed by atoms with van der Waals surface area (Å²) < 4.78 is 45.2. The molecule has 0 amide bonds. The lowest BCUT2D eigenvalue weighted by Gasteiger charge is -2.32. The van der Waals surface area contributed by atoms with E-state index < -0.39 is 21.4 Å². The van der Waals surface area contributed by atoms with Gasteiger partial charge in [-0.05, 0) is 95.6 Å². The van der Waals surface area contributed by atoms with Crippen LogP contribution in [-0.4, -0.2) is 64.8 Å². The van der Waals surface area contributed by atoms with E-state index in [1.54, 1.807) is 10.8 Å². The summed E-state index contributed by atoms with van der Waals surface area (Å²) in [4.78, 5) is 29.7. The van der Waals surface area contributed by atoms with Crippen LogP contribution in [0.5, 0.6) is 0 Å². The molecule has 6 rings (SSSR count). The van der Waals surface area contributed by atoms with E-state index in [4.69, 9.17) is 0 Å². The highest BCUT2D eigenvalue weighted by atomic mass is 32.2. The van der Waals surface area contributed by atoms with Crippen LogP contribution in [0, 0.1) is 11.7 Å². The monoisotopic (exact) mass is 633 g/mol. The molecule has 0 unspecified atom stereocenters. The maximum absolute atomic E-state index is 15.3. The van der Waals surface area contributed by atoms with Gasteiger partial charge in [0.25, 0.3) is 5.56 Å². The highest BCUT2D eigenvalue weighted by molar-refractivity contribution is 7.92. The van der Waals surface area contributed by atoms with Crippen LogP contribution < -0.4 is 15.6 Å². The number of rotatable bonds is 9. The Morgan fingerprint density at radius 1 is 1.02 bits per heavy atom. The first-order chi connectivity index (χ1) is 21.5. The average molecular weight is 634 g/mol. The Bertz CT molecular complexity index is 1860. The van der Waals surface area contributed by atoms with Crippen molar-refractivity contribution in [2.75, 3.05) is 29.9 Å². The number of anilines is 2. The van der Waals surface area contributed by atoms with Gasteiger partial charge in [-0.3, -0.25) is 14.1 Å². The molecule has 10 nitrogen and oxygen atoms in total. The van der Waals surface area contributed by atoms with Gasteiger partial charge in [-0.1, -0.05) is 30.3 Å². The molecular weight excluding hydrogens is 593 g/mol. The standard InChI is InChI=1S/C33H40FN7O3S/c1-20(2)41-31-29(18-35-33(38-31)36-25-10-12-26(13-11-25)40(3)4)37-30(32(41)42)24-9-14-28(27(34)17-24)39-45(43,44)19-21-15-22-7-5-6-8-23(22)16-21/h5-9,14,17-18,20-21,25-26,39H,10-13,15-16,19H2,1-4H3,(H,35,36,38). The normalized spacial score (nSPS) is 18.9. The third-order valence-corrected chi connectivity index (χ3v) is 10.4. The second kappa shape index (κ2) is 12.5. The van der Waals surface area contributed by atoms with Gasteiger partial charge in [0.1, 0.15) is 17.0 Å². The van der Waals surface area contributed by atoms with Gasteiger partial charge in [0, 0.05) is 23.7 Å². The zero-order valence-electron chi connectivity index (χ0n) is 26.1. The number of aromatic nitrogens is 4. The quantitative estimate of drug-likeness (QED) is 0.264. The highest BCUT2D eigenvalue weighted by Crippen LogP contribution is 2.29. The number of benzene rings is 2. The molecule has 0 radical (unpaired) electrons. The number of nitrogens with one attached hydrogen (secondary N) is 2. The molecule has 0 bridgehead atoms. The molecule has 12 heteroatoms. The third kappa shape index (κ3) is 6.72. The van der Waals surface area contributed by atoms with Crippen LogP contribution >= 0.6 is 0 Å². The van der Waals surface area contributed by atoms with E-state index in [-0.39, 0.29) is 40.7 Å². The van der Waals surface area contributed by atoms with E-state index in [1.165, 1.54) is 12.1 Å². The fourth-order valence-corrected chi connectivity index (χ4v) is 8.13. The number of hydrogen-bond donors (Lipinski definition) is 2. The van der Waals surface area contributed by atoms with Gasteiger partial charge >= 0.3 is 0 Å². The number of hydrogen-bond acceptors (Lipinski definition) is 8. The smallest absolute Gasteiger partial charge is 0.278 e. The van der Waals surface area contributed by atoms with Gasteiger partial charge in [-0.15, -0.1) is 0 Å². The molecule has 2 aromatic heterocycles. The van der Waals surface area contributed by atoms with Crippen LogP contribution in [0.2, 0.25) is 0 Å². The van der Waals surface area contributed by atoms with Crippen molar-refractivity contribution in [2.24, 2.45) is 5.92 Å². The van der Waals surface area contributed by atoms with Crippen molar-refractivity contribution in [3.05, 3.63) is 76.0 Å². The zero-order chi connectivity index (χ0) is 31.9. The molecule has 1 fully saturated rings. The average Bonchev–Trinajstić information content (AvgIpc) is 3.39. The second-order valence-corrected chi connectivity index (χ2v) is 14.6. The van der Waals surface area contributed by atoms with E-state index in [2.05, 4.69) is 44.0 Å². The molecule has 1 saturated carbocycles. The fraction of sp³-hybridized carbons (Fsp3) is 0.455. The molecule has 0 aliphatic heterocycles. The van der Waals surface area contributed by atoms with Gasteiger partial charge in [-0.2, -0.15) is 4.98 Å². The van der Waals surface area contributed by atoms with Gasteiger partial charge in [-0.25, -0.2) is 22.8 Å². The van der Waals surface area contributed by atoms with Gasteiger partial charge in [0.2, 0.25) is 16.0 Å². The molecular formula is C33H40FN7O3S. The van der Waals surface area contributed by atoms with Gasteiger partial charge in [0.15, 0.2) is 5.65 Å². The minimum atomic E-state index is -3.81. The Kier molecular flexibility index (Phi) is 8.62. The Morgan fingerprint density at radius 2 is 1.71 bits per heavy atom. The molecule has 45 heavy (non-hydrogen) atoms. The minimum absolute atomic E-state index is 0.0412. The van der Waals surface area contributed by atoms with Crippen LogP contribution in [0.1, 0.15) is 56.7 Å². The van der Waals surface area contributed by atoms with Crippen molar-refractivity contribution in [2.45, 2.75) is 70.5 Å². The Balaban J connectivity index is 1.21. The summed E-state index contributed by atoms with van der Waals surface area (Å²) in [7, 11) is 0.411. The van der Waals surface area contributed by atoms with E-state index >= 15 is 4.39 Å². The molecule has 2 N–H and O–H groups in total. The third-order valence-electron chi connectivity index (χ3n) is 9.01. The maximum atomic E-state index is 15.3. The lowest BCUT2D eigenvalue weighted by molar-refractivity contribution is 0.221. The molecule has 0 saturated heterocycles. The first-order valence-corrected chi connectivity index (χ1v) is 17.2. The van der Waals surface area contributed by atoms with Crippen molar-refractivity contribution in [3.8, 4) is 11.3 Å². The van der Waals surface area contributed by atoms with E-state index in [0.717, 1.165) is 42.9 Å².